The van der Waals surface area contributed by atoms with Crippen LogP contribution in [0.15, 0.2) is 80.9 Å². The number of hydrogen-bond donors (Lipinski definition) is 1. The van der Waals surface area contributed by atoms with Gasteiger partial charge in [0, 0.05) is 33.5 Å². The maximum Gasteiger partial charge on any atom is 0.291 e. The van der Waals surface area contributed by atoms with Crippen molar-refractivity contribution in [3.8, 4) is 0 Å². The first kappa shape index (κ1) is 20.3. The molecule has 30 heavy (non-hydrogen) atoms. The fourth-order valence-electron chi connectivity index (χ4n) is 3.40. The monoisotopic (exact) mass is 417 g/mol. The fourth-order valence-corrected chi connectivity index (χ4v) is 4.29. The lowest BCUT2D eigenvalue weighted by Crippen LogP contribution is -2.13. The first-order valence-electron chi connectivity index (χ1n) is 9.71. The second kappa shape index (κ2) is 8.78. The van der Waals surface area contributed by atoms with Crippen molar-refractivity contribution in [3.05, 3.63) is 89.2 Å². The van der Waals surface area contributed by atoms with E-state index >= 15 is 0 Å². The highest BCUT2D eigenvalue weighted by atomic mass is 32.2. The average Bonchev–Trinajstić information content (AvgIpc) is 3.11. The molecule has 0 spiro atoms. The van der Waals surface area contributed by atoms with Crippen molar-refractivity contribution >= 4 is 34.3 Å². The lowest BCUT2D eigenvalue weighted by molar-refractivity contribution is 0.0992. The van der Waals surface area contributed by atoms with Crippen LogP contribution in [0.2, 0.25) is 0 Å². The van der Waals surface area contributed by atoms with Crippen LogP contribution >= 0.6 is 11.8 Å². The predicted molar refractivity (Wildman–Crippen MR) is 121 cm³/mol. The number of aryl methyl sites for hydroxylation is 2. The van der Waals surface area contributed by atoms with Crippen molar-refractivity contribution < 1.29 is 13.9 Å². The van der Waals surface area contributed by atoms with Gasteiger partial charge in [0.1, 0.15) is 5.58 Å². The maximum atomic E-state index is 12.9. The number of anilines is 1. The number of carbonyl (C=O) groups excluding carboxylic acids is 1. The van der Waals surface area contributed by atoms with Crippen molar-refractivity contribution in [3.63, 3.8) is 0 Å². The van der Waals surface area contributed by atoms with Crippen molar-refractivity contribution in [1.82, 2.24) is 0 Å². The average molecular weight is 418 g/mol. The Labute approximate surface area is 180 Å². The molecular formula is C25H23NO3S. The van der Waals surface area contributed by atoms with Crippen molar-refractivity contribution in [1.29, 1.82) is 0 Å². The molecule has 1 heterocycles. The van der Waals surface area contributed by atoms with Crippen LogP contribution in [0.3, 0.4) is 0 Å². The molecule has 1 amide bonds. The third kappa shape index (κ3) is 4.27. The summed E-state index contributed by atoms with van der Waals surface area (Å²) >= 11 is 1.71. The number of furan rings is 1. The van der Waals surface area contributed by atoms with Crippen LogP contribution in [0.5, 0.6) is 0 Å². The van der Waals surface area contributed by atoms with Gasteiger partial charge in [-0.2, -0.15) is 0 Å². The summed E-state index contributed by atoms with van der Waals surface area (Å²) in [5.74, 6) is -0.000172. The number of fused-ring (bicyclic) bond motifs is 1. The van der Waals surface area contributed by atoms with Gasteiger partial charge in [0.15, 0.2) is 5.76 Å². The predicted octanol–water partition coefficient (Wildman–Crippen LogP) is 6.60. The smallest absolute Gasteiger partial charge is 0.291 e. The molecule has 5 heteroatoms. The van der Waals surface area contributed by atoms with Crippen LogP contribution in [0.4, 0.5) is 5.69 Å². The Morgan fingerprint density at radius 1 is 1.03 bits per heavy atom. The number of amides is 1. The van der Waals surface area contributed by atoms with Gasteiger partial charge >= 0.3 is 0 Å². The van der Waals surface area contributed by atoms with Gasteiger partial charge in [-0.3, -0.25) is 4.79 Å². The summed E-state index contributed by atoms with van der Waals surface area (Å²) < 4.78 is 11.1. The van der Waals surface area contributed by atoms with Gasteiger partial charge in [-0.15, -0.1) is 0 Å². The molecule has 0 saturated carbocycles. The van der Waals surface area contributed by atoms with Crippen LogP contribution in [0.25, 0.3) is 11.0 Å². The van der Waals surface area contributed by atoms with Gasteiger partial charge in [0.25, 0.3) is 5.91 Å². The van der Waals surface area contributed by atoms with Gasteiger partial charge in [0.05, 0.1) is 6.61 Å². The van der Waals surface area contributed by atoms with Gasteiger partial charge in [-0.25, -0.2) is 0 Å². The van der Waals surface area contributed by atoms with E-state index in [1.165, 1.54) is 16.0 Å². The molecule has 0 saturated heterocycles. The van der Waals surface area contributed by atoms with E-state index in [1.54, 1.807) is 18.9 Å². The van der Waals surface area contributed by atoms with E-state index in [-0.39, 0.29) is 11.7 Å². The zero-order valence-electron chi connectivity index (χ0n) is 17.2. The number of nitrogens with one attached hydrogen (secondary N) is 1. The minimum absolute atomic E-state index is 0.284. The Morgan fingerprint density at radius 3 is 2.53 bits per heavy atom. The van der Waals surface area contributed by atoms with Crippen LogP contribution in [0.1, 0.15) is 27.2 Å². The molecule has 4 nitrogen and oxygen atoms in total. The molecule has 1 aromatic heterocycles. The number of para-hydroxylation sites is 1. The van der Waals surface area contributed by atoms with Gasteiger partial charge in [-0.1, -0.05) is 47.7 Å². The van der Waals surface area contributed by atoms with E-state index in [0.717, 1.165) is 15.8 Å². The number of carbonyl (C=O) groups is 1. The summed E-state index contributed by atoms with van der Waals surface area (Å²) in [5.41, 5.74) is 4.66. The number of rotatable bonds is 6. The summed E-state index contributed by atoms with van der Waals surface area (Å²) in [5, 5.41) is 3.82. The quantitative estimate of drug-likeness (QED) is 0.384. The van der Waals surface area contributed by atoms with Crippen LogP contribution in [-0.2, 0) is 11.3 Å². The molecule has 1 N–H and O–H groups in total. The zero-order valence-corrected chi connectivity index (χ0v) is 18.0. The largest absolute Gasteiger partial charge is 0.451 e. The van der Waals surface area contributed by atoms with Gasteiger partial charge < -0.3 is 14.5 Å². The molecule has 4 aromatic rings. The highest BCUT2D eigenvalue weighted by Crippen LogP contribution is 2.32. The standard InChI is InChI=1S/C25H23NO3S/c1-16-8-13-23(17(2)14-16)30-19-11-9-18(10-12-19)26-25(27)24-21(15-28-3)20-6-4-5-7-22(20)29-24/h4-14H,15H2,1-3H3,(H,26,27). The third-order valence-electron chi connectivity index (χ3n) is 4.86. The molecule has 0 radical (unpaired) electrons. The van der Waals surface area contributed by atoms with E-state index in [0.29, 0.717) is 17.9 Å². The molecule has 0 aliphatic carbocycles. The number of methoxy groups -OCH3 is 1. The van der Waals surface area contributed by atoms with E-state index in [9.17, 15) is 4.79 Å². The van der Waals surface area contributed by atoms with E-state index in [2.05, 4.69) is 37.4 Å². The Balaban J connectivity index is 1.51. The van der Waals surface area contributed by atoms with E-state index < -0.39 is 0 Å². The number of hydrogen-bond acceptors (Lipinski definition) is 4. The summed E-state index contributed by atoms with van der Waals surface area (Å²) in [6, 6.07) is 21.9. The molecule has 0 atom stereocenters. The Morgan fingerprint density at radius 2 is 1.80 bits per heavy atom. The van der Waals surface area contributed by atoms with Crippen molar-refractivity contribution in [2.45, 2.75) is 30.2 Å². The third-order valence-corrected chi connectivity index (χ3v) is 6.05. The Kier molecular flexibility index (Phi) is 5.93. The summed E-state index contributed by atoms with van der Waals surface area (Å²) in [4.78, 5) is 15.2. The SMILES string of the molecule is COCc1c(C(=O)Nc2ccc(Sc3ccc(C)cc3C)cc2)oc2ccccc12. The second-order valence-electron chi connectivity index (χ2n) is 7.19. The van der Waals surface area contributed by atoms with E-state index in [1.807, 2.05) is 48.5 Å². The molecule has 0 aliphatic rings. The van der Waals surface area contributed by atoms with Crippen LogP contribution in [-0.4, -0.2) is 13.0 Å². The highest BCUT2D eigenvalue weighted by Gasteiger charge is 2.20. The van der Waals surface area contributed by atoms with Crippen LogP contribution in [0, 0.1) is 13.8 Å². The number of benzene rings is 3. The maximum absolute atomic E-state index is 12.9. The van der Waals surface area contributed by atoms with Crippen molar-refractivity contribution in [2.75, 3.05) is 12.4 Å². The van der Waals surface area contributed by atoms with Crippen LogP contribution < -0.4 is 5.32 Å². The molecule has 0 unspecified atom stereocenters. The first-order valence-corrected chi connectivity index (χ1v) is 10.5. The summed E-state index contributed by atoms with van der Waals surface area (Å²) in [6.07, 6.45) is 0. The van der Waals surface area contributed by atoms with Gasteiger partial charge in [-0.05, 0) is 55.8 Å². The van der Waals surface area contributed by atoms with E-state index in [4.69, 9.17) is 9.15 Å². The molecule has 4 rings (SSSR count). The lowest BCUT2D eigenvalue weighted by atomic mass is 10.1. The number of ether oxygens (including phenoxy) is 1. The Hall–Kier alpha value is -3.02. The highest BCUT2D eigenvalue weighted by molar-refractivity contribution is 7.99. The fraction of sp³-hybridized carbons (Fsp3) is 0.160. The molecule has 3 aromatic carbocycles. The summed E-state index contributed by atoms with van der Waals surface area (Å²) in [7, 11) is 1.61. The molecule has 0 fully saturated rings. The molecule has 152 valence electrons. The normalized spacial score (nSPS) is 11.0. The summed E-state index contributed by atoms with van der Waals surface area (Å²) in [6.45, 7) is 4.53. The molecular weight excluding hydrogens is 394 g/mol. The Bertz CT molecular complexity index is 1190. The minimum Gasteiger partial charge on any atom is -0.451 e. The zero-order chi connectivity index (χ0) is 21.1. The molecule has 0 bridgehead atoms. The molecule has 0 aliphatic heterocycles. The second-order valence-corrected chi connectivity index (χ2v) is 8.30. The van der Waals surface area contributed by atoms with Gasteiger partial charge in [0.2, 0.25) is 0 Å². The first-order chi connectivity index (χ1) is 14.5. The minimum atomic E-state index is -0.284. The topological polar surface area (TPSA) is 51.5 Å². The van der Waals surface area contributed by atoms with Crippen molar-refractivity contribution in [2.24, 2.45) is 0 Å². The lowest BCUT2D eigenvalue weighted by Gasteiger charge is -2.08.